The Morgan fingerprint density at radius 2 is 2.06 bits per heavy atom. The summed E-state index contributed by atoms with van der Waals surface area (Å²) in [6.07, 6.45) is 0.647. The molecule has 0 aliphatic carbocycles. The van der Waals surface area contributed by atoms with Gasteiger partial charge in [0.05, 0.1) is 7.11 Å². The van der Waals surface area contributed by atoms with Crippen molar-refractivity contribution in [1.82, 2.24) is 0 Å². The number of methoxy groups -OCH3 is 1. The van der Waals surface area contributed by atoms with Crippen LogP contribution < -0.4 is 5.73 Å². The molecule has 1 aromatic rings. The topological polar surface area (TPSA) is 52.3 Å². The van der Waals surface area contributed by atoms with Crippen LogP contribution in [-0.4, -0.2) is 24.9 Å². The number of carbonyl (C=O) groups is 1. The monoisotopic (exact) mass is 253 g/mol. The number of esters is 1. The fraction of sp³-hybridized carbons (Fsp3) is 0.462. The number of nitrogens with two attached hydrogens (primary N) is 1. The van der Waals surface area contributed by atoms with Gasteiger partial charge in [-0.1, -0.05) is 30.3 Å². The molecule has 0 saturated heterocycles. The van der Waals surface area contributed by atoms with Crippen LogP contribution in [0.15, 0.2) is 30.3 Å². The van der Waals surface area contributed by atoms with E-state index in [9.17, 15) is 4.79 Å². The number of hydrogen-bond acceptors (Lipinski definition) is 4. The lowest BCUT2D eigenvalue weighted by atomic mass is 10.2. The molecule has 4 heteroatoms. The molecular formula is C13H19NO2S. The first kappa shape index (κ1) is 14.1. The smallest absolute Gasteiger partial charge is 0.322 e. The SMILES string of the molecule is COC(=O)C(N)CCSC(C)c1ccccc1. The van der Waals surface area contributed by atoms with Crippen LogP contribution >= 0.6 is 11.8 Å². The van der Waals surface area contributed by atoms with Crippen molar-refractivity contribution in [3.63, 3.8) is 0 Å². The zero-order valence-electron chi connectivity index (χ0n) is 10.3. The summed E-state index contributed by atoms with van der Waals surface area (Å²) in [7, 11) is 1.36. The van der Waals surface area contributed by atoms with Crippen molar-refractivity contribution >= 4 is 17.7 Å². The van der Waals surface area contributed by atoms with Gasteiger partial charge in [-0.25, -0.2) is 0 Å². The van der Waals surface area contributed by atoms with E-state index in [4.69, 9.17) is 5.73 Å². The van der Waals surface area contributed by atoms with E-state index in [1.54, 1.807) is 11.8 Å². The van der Waals surface area contributed by atoms with Crippen molar-refractivity contribution in [3.05, 3.63) is 35.9 Å². The zero-order valence-corrected chi connectivity index (χ0v) is 11.1. The standard InChI is InChI=1S/C13H19NO2S/c1-10(11-6-4-3-5-7-11)17-9-8-12(14)13(15)16-2/h3-7,10,12H,8-9,14H2,1-2H3. The number of rotatable bonds is 6. The highest BCUT2D eigenvalue weighted by Gasteiger charge is 2.14. The van der Waals surface area contributed by atoms with E-state index >= 15 is 0 Å². The summed E-state index contributed by atoms with van der Waals surface area (Å²) in [4.78, 5) is 11.1. The Hall–Kier alpha value is -1.00. The second-order valence-electron chi connectivity index (χ2n) is 3.84. The van der Waals surface area contributed by atoms with Gasteiger partial charge in [-0.2, -0.15) is 11.8 Å². The molecule has 2 atom stereocenters. The van der Waals surface area contributed by atoms with Crippen molar-refractivity contribution in [2.45, 2.75) is 24.6 Å². The summed E-state index contributed by atoms with van der Waals surface area (Å²) in [5.74, 6) is 0.518. The third kappa shape index (κ3) is 4.79. The molecule has 0 aliphatic heterocycles. The molecule has 1 aromatic carbocycles. The number of thioether (sulfide) groups is 1. The zero-order chi connectivity index (χ0) is 12.7. The van der Waals surface area contributed by atoms with Gasteiger partial charge in [0, 0.05) is 5.25 Å². The second-order valence-corrected chi connectivity index (χ2v) is 5.29. The number of hydrogen-bond donors (Lipinski definition) is 1. The van der Waals surface area contributed by atoms with Gasteiger partial charge >= 0.3 is 5.97 Å². The fourth-order valence-electron chi connectivity index (χ4n) is 1.46. The van der Waals surface area contributed by atoms with Gasteiger partial charge < -0.3 is 10.5 Å². The molecule has 0 saturated carbocycles. The lowest BCUT2D eigenvalue weighted by Crippen LogP contribution is -2.32. The molecule has 0 fully saturated rings. The van der Waals surface area contributed by atoms with Crippen molar-refractivity contribution in [1.29, 1.82) is 0 Å². The molecule has 1 rings (SSSR count). The molecule has 0 radical (unpaired) electrons. The lowest BCUT2D eigenvalue weighted by Gasteiger charge is -2.13. The average molecular weight is 253 g/mol. The van der Waals surface area contributed by atoms with Crippen molar-refractivity contribution in [2.75, 3.05) is 12.9 Å². The molecule has 17 heavy (non-hydrogen) atoms. The molecule has 0 bridgehead atoms. The Bertz CT molecular complexity index is 343. The third-order valence-corrected chi connectivity index (χ3v) is 3.81. The van der Waals surface area contributed by atoms with E-state index in [0.717, 1.165) is 5.75 Å². The first-order valence-corrected chi connectivity index (χ1v) is 6.70. The van der Waals surface area contributed by atoms with Crippen LogP contribution in [0.4, 0.5) is 0 Å². The molecule has 0 aliphatic rings. The molecule has 2 unspecified atom stereocenters. The largest absolute Gasteiger partial charge is 0.468 e. The minimum Gasteiger partial charge on any atom is -0.468 e. The summed E-state index contributed by atoms with van der Waals surface area (Å²) in [6.45, 7) is 2.16. The second kappa shape index (κ2) is 7.35. The molecule has 94 valence electrons. The summed E-state index contributed by atoms with van der Waals surface area (Å²) in [6, 6.07) is 9.79. The highest BCUT2D eigenvalue weighted by atomic mass is 32.2. The summed E-state index contributed by atoms with van der Waals surface area (Å²) in [5.41, 5.74) is 6.96. The third-order valence-electron chi connectivity index (χ3n) is 2.57. The predicted octanol–water partition coefficient (Wildman–Crippen LogP) is 2.37. The number of benzene rings is 1. The van der Waals surface area contributed by atoms with Crippen LogP contribution in [0.3, 0.4) is 0 Å². The Morgan fingerprint density at radius 3 is 2.65 bits per heavy atom. The summed E-state index contributed by atoms with van der Waals surface area (Å²) < 4.78 is 4.58. The van der Waals surface area contributed by atoms with Crippen molar-refractivity contribution in [3.8, 4) is 0 Å². The van der Waals surface area contributed by atoms with Gasteiger partial charge in [0.25, 0.3) is 0 Å². The molecule has 0 spiro atoms. The normalized spacial score (nSPS) is 14.1. The van der Waals surface area contributed by atoms with Gasteiger partial charge in [0.15, 0.2) is 0 Å². The number of carbonyl (C=O) groups excluding carboxylic acids is 1. The average Bonchev–Trinajstić information content (AvgIpc) is 2.38. The van der Waals surface area contributed by atoms with Gasteiger partial charge in [-0.15, -0.1) is 0 Å². The lowest BCUT2D eigenvalue weighted by molar-refractivity contribution is -0.142. The van der Waals surface area contributed by atoms with Gasteiger partial charge in [-0.3, -0.25) is 4.79 Å². The first-order valence-electron chi connectivity index (χ1n) is 5.65. The highest BCUT2D eigenvalue weighted by molar-refractivity contribution is 7.99. The Labute approximate surface area is 107 Å². The van der Waals surface area contributed by atoms with Gasteiger partial charge in [-0.05, 0) is 24.7 Å². The quantitative estimate of drug-likeness (QED) is 0.791. The molecule has 3 nitrogen and oxygen atoms in total. The fourth-order valence-corrected chi connectivity index (χ4v) is 2.55. The van der Waals surface area contributed by atoms with E-state index in [1.807, 2.05) is 18.2 Å². The maximum absolute atomic E-state index is 11.1. The van der Waals surface area contributed by atoms with Crippen LogP contribution in [0.2, 0.25) is 0 Å². The molecule has 0 aromatic heterocycles. The first-order chi connectivity index (χ1) is 8.15. The minimum atomic E-state index is -0.504. The van der Waals surface area contributed by atoms with Crippen LogP contribution in [0.5, 0.6) is 0 Å². The van der Waals surface area contributed by atoms with Crippen molar-refractivity contribution in [2.24, 2.45) is 5.73 Å². The van der Waals surface area contributed by atoms with E-state index in [2.05, 4.69) is 23.8 Å². The van der Waals surface area contributed by atoms with E-state index in [0.29, 0.717) is 11.7 Å². The maximum Gasteiger partial charge on any atom is 0.322 e. The molecular weight excluding hydrogens is 234 g/mol. The van der Waals surface area contributed by atoms with Crippen LogP contribution in [0.1, 0.15) is 24.2 Å². The predicted molar refractivity (Wildman–Crippen MR) is 71.9 cm³/mol. The van der Waals surface area contributed by atoms with Gasteiger partial charge in [0.2, 0.25) is 0 Å². The molecule has 0 heterocycles. The Kier molecular flexibility index (Phi) is 6.08. The van der Waals surface area contributed by atoms with Gasteiger partial charge in [0.1, 0.15) is 6.04 Å². The summed E-state index contributed by atoms with van der Waals surface area (Å²) >= 11 is 1.80. The van der Waals surface area contributed by atoms with Crippen LogP contribution in [0, 0.1) is 0 Å². The van der Waals surface area contributed by atoms with Crippen LogP contribution in [0.25, 0.3) is 0 Å². The number of ether oxygens (including phenoxy) is 1. The van der Waals surface area contributed by atoms with Crippen molar-refractivity contribution < 1.29 is 9.53 Å². The van der Waals surface area contributed by atoms with E-state index < -0.39 is 6.04 Å². The Balaban J connectivity index is 2.30. The van der Waals surface area contributed by atoms with E-state index in [-0.39, 0.29) is 5.97 Å². The highest BCUT2D eigenvalue weighted by Crippen LogP contribution is 2.28. The maximum atomic E-state index is 11.1. The summed E-state index contributed by atoms with van der Waals surface area (Å²) in [5, 5.41) is 0.418. The van der Waals surface area contributed by atoms with Crippen LogP contribution in [-0.2, 0) is 9.53 Å². The molecule has 2 N–H and O–H groups in total. The minimum absolute atomic E-state index is 0.335. The Morgan fingerprint density at radius 1 is 1.41 bits per heavy atom. The van der Waals surface area contributed by atoms with E-state index in [1.165, 1.54) is 12.7 Å². The molecule has 0 amide bonds.